The van der Waals surface area contributed by atoms with Gasteiger partial charge in [-0.3, -0.25) is 4.90 Å². The summed E-state index contributed by atoms with van der Waals surface area (Å²) >= 11 is 0. The van der Waals surface area contributed by atoms with E-state index in [9.17, 15) is 5.11 Å². The number of phenols is 1. The molecule has 0 amide bonds. The van der Waals surface area contributed by atoms with Gasteiger partial charge in [0.15, 0.2) is 11.5 Å². The maximum Gasteiger partial charge on any atom is 0.160 e. The van der Waals surface area contributed by atoms with Gasteiger partial charge in [0.2, 0.25) is 0 Å². The second-order valence-corrected chi connectivity index (χ2v) is 3.64. The molecule has 1 unspecified atom stereocenters. The third-order valence-corrected chi connectivity index (χ3v) is 2.61. The molecule has 0 aliphatic carbocycles. The zero-order valence-corrected chi connectivity index (χ0v) is 8.93. The molecule has 1 aromatic rings. The van der Waals surface area contributed by atoms with Crippen molar-refractivity contribution >= 4 is 0 Å². The van der Waals surface area contributed by atoms with Crippen LogP contribution in [0.25, 0.3) is 0 Å². The van der Waals surface area contributed by atoms with E-state index in [1.54, 1.807) is 6.07 Å². The van der Waals surface area contributed by atoms with Crippen LogP contribution in [0.5, 0.6) is 11.5 Å². The Balaban J connectivity index is 2.28. The van der Waals surface area contributed by atoms with Crippen LogP contribution in [0.2, 0.25) is 0 Å². The summed E-state index contributed by atoms with van der Waals surface area (Å²) in [5, 5.41) is 9.46. The standard InChI is InChI=1S/C11H15NO3/c1-12-5-6-15-11(12)8-3-4-9(13)10(7-8)14-2/h3-4,7,11,13H,5-6H2,1-2H3. The van der Waals surface area contributed by atoms with Gasteiger partial charge in [-0.25, -0.2) is 0 Å². The minimum Gasteiger partial charge on any atom is -0.504 e. The van der Waals surface area contributed by atoms with Crippen LogP contribution < -0.4 is 4.74 Å². The molecule has 1 aliphatic rings. The first-order chi connectivity index (χ1) is 7.22. The number of methoxy groups -OCH3 is 1. The third-order valence-electron chi connectivity index (χ3n) is 2.61. The molecule has 1 saturated heterocycles. The molecule has 15 heavy (non-hydrogen) atoms. The van der Waals surface area contributed by atoms with Crippen molar-refractivity contribution < 1.29 is 14.6 Å². The first-order valence-corrected chi connectivity index (χ1v) is 4.91. The van der Waals surface area contributed by atoms with E-state index in [1.807, 2.05) is 19.2 Å². The van der Waals surface area contributed by atoms with Crippen molar-refractivity contribution in [2.75, 3.05) is 27.3 Å². The molecule has 1 N–H and O–H groups in total. The van der Waals surface area contributed by atoms with Gasteiger partial charge >= 0.3 is 0 Å². The van der Waals surface area contributed by atoms with Crippen molar-refractivity contribution in [3.63, 3.8) is 0 Å². The average molecular weight is 209 g/mol. The summed E-state index contributed by atoms with van der Waals surface area (Å²) in [6.45, 7) is 1.66. The topological polar surface area (TPSA) is 41.9 Å². The Kier molecular flexibility index (Phi) is 2.79. The Morgan fingerprint density at radius 2 is 2.33 bits per heavy atom. The van der Waals surface area contributed by atoms with Crippen molar-refractivity contribution in [1.29, 1.82) is 0 Å². The molecule has 0 spiro atoms. The number of rotatable bonds is 2. The highest BCUT2D eigenvalue weighted by Gasteiger charge is 2.24. The summed E-state index contributed by atoms with van der Waals surface area (Å²) in [5.41, 5.74) is 1.00. The van der Waals surface area contributed by atoms with Gasteiger partial charge in [0.1, 0.15) is 6.23 Å². The lowest BCUT2D eigenvalue weighted by atomic mass is 10.1. The second kappa shape index (κ2) is 4.08. The molecule has 1 heterocycles. The highest BCUT2D eigenvalue weighted by molar-refractivity contribution is 5.42. The van der Waals surface area contributed by atoms with Crippen LogP contribution in [0.4, 0.5) is 0 Å². The van der Waals surface area contributed by atoms with Crippen molar-refractivity contribution in [3.8, 4) is 11.5 Å². The summed E-state index contributed by atoms with van der Waals surface area (Å²) in [4.78, 5) is 2.12. The lowest BCUT2D eigenvalue weighted by Gasteiger charge is -2.19. The Bertz CT molecular complexity index is 354. The molecule has 0 radical (unpaired) electrons. The monoisotopic (exact) mass is 209 g/mol. The predicted octanol–water partition coefficient (Wildman–Crippen LogP) is 1.36. The van der Waals surface area contributed by atoms with Crippen molar-refractivity contribution in [2.24, 2.45) is 0 Å². The molecule has 82 valence electrons. The number of phenolic OH excluding ortho intramolecular Hbond substituents is 1. The van der Waals surface area contributed by atoms with E-state index in [2.05, 4.69) is 4.90 Å². The van der Waals surface area contributed by atoms with Crippen molar-refractivity contribution in [3.05, 3.63) is 23.8 Å². The number of nitrogens with zero attached hydrogens (tertiary/aromatic N) is 1. The number of hydrogen-bond acceptors (Lipinski definition) is 4. The van der Waals surface area contributed by atoms with Gasteiger partial charge in [-0.15, -0.1) is 0 Å². The zero-order chi connectivity index (χ0) is 10.8. The molecule has 0 saturated carbocycles. The van der Waals surface area contributed by atoms with Gasteiger partial charge in [0.05, 0.1) is 13.7 Å². The quantitative estimate of drug-likeness (QED) is 0.798. The summed E-state index contributed by atoms with van der Waals surface area (Å²) in [6, 6.07) is 5.29. The maximum absolute atomic E-state index is 9.46. The number of ether oxygens (including phenoxy) is 2. The molecular weight excluding hydrogens is 194 g/mol. The van der Waals surface area contributed by atoms with Crippen LogP contribution in [-0.4, -0.2) is 37.3 Å². The minimum atomic E-state index is -0.0282. The van der Waals surface area contributed by atoms with E-state index in [1.165, 1.54) is 7.11 Å². The lowest BCUT2D eigenvalue weighted by molar-refractivity contribution is 0.0451. The van der Waals surface area contributed by atoms with E-state index in [4.69, 9.17) is 9.47 Å². The fourth-order valence-electron chi connectivity index (χ4n) is 1.75. The molecule has 4 nitrogen and oxygen atoms in total. The maximum atomic E-state index is 9.46. The zero-order valence-electron chi connectivity index (χ0n) is 8.93. The van der Waals surface area contributed by atoms with Gasteiger partial charge in [-0.1, -0.05) is 6.07 Å². The van der Waals surface area contributed by atoms with Crippen molar-refractivity contribution in [1.82, 2.24) is 4.90 Å². The molecule has 1 aliphatic heterocycles. The SMILES string of the molecule is COc1cc(C2OCCN2C)ccc1O. The first kappa shape index (κ1) is 10.3. The summed E-state index contributed by atoms with van der Waals surface area (Å²) < 4.78 is 10.6. The average Bonchev–Trinajstić information content (AvgIpc) is 2.65. The molecule has 1 fully saturated rings. The molecule has 4 heteroatoms. The van der Waals surface area contributed by atoms with Crippen LogP contribution in [0.1, 0.15) is 11.8 Å². The van der Waals surface area contributed by atoms with Crippen LogP contribution >= 0.6 is 0 Å². The molecule has 1 aromatic carbocycles. The molecular formula is C11H15NO3. The van der Waals surface area contributed by atoms with Crippen LogP contribution in [0, 0.1) is 0 Å². The lowest BCUT2D eigenvalue weighted by Crippen LogP contribution is -2.18. The van der Waals surface area contributed by atoms with E-state index in [0.717, 1.165) is 18.7 Å². The summed E-state index contributed by atoms with van der Waals surface area (Å²) in [6.07, 6.45) is -0.0282. The van der Waals surface area contributed by atoms with Gasteiger partial charge in [-0.2, -0.15) is 0 Å². The van der Waals surface area contributed by atoms with E-state index in [-0.39, 0.29) is 12.0 Å². The molecule has 1 atom stereocenters. The highest BCUT2D eigenvalue weighted by Crippen LogP contribution is 2.32. The van der Waals surface area contributed by atoms with Gasteiger partial charge < -0.3 is 14.6 Å². The fourth-order valence-corrected chi connectivity index (χ4v) is 1.75. The number of likely N-dealkylation sites (N-methyl/N-ethyl adjacent to an activating group) is 1. The fraction of sp³-hybridized carbons (Fsp3) is 0.455. The highest BCUT2D eigenvalue weighted by atomic mass is 16.5. The van der Waals surface area contributed by atoms with Crippen LogP contribution in [0.3, 0.4) is 0 Å². The van der Waals surface area contributed by atoms with Crippen molar-refractivity contribution in [2.45, 2.75) is 6.23 Å². The summed E-state index contributed by atoms with van der Waals surface area (Å²) in [7, 11) is 3.55. The van der Waals surface area contributed by atoms with E-state index in [0.29, 0.717) is 5.75 Å². The first-order valence-electron chi connectivity index (χ1n) is 4.91. The van der Waals surface area contributed by atoms with Gasteiger partial charge in [0, 0.05) is 6.54 Å². The third kappa shape index (κ3) is 1.91. The van der Waals surface area contributed by atoms with Crippen LogP contribution in [-0.2, 0) is 4.74 Å². The summed E-state index contributed by atoms with van der Waals surface area (Å²) in [5.74, 6) is 0.637. The molecule has 2 rings (SSSR count). The number of benzene rings is 1. The van der Waals surface area contributed by atoms with Gasteiger partial charge in [0.25, 0.3) is 0 Å². The smallest absolute Gasteiger partial charge is 0.160 e. The van der Waals surface area contributed by atoms with E-state index < -0.39 is 0 Å². The Hall–Kier alpha value is -1.26. The second-order valence-electron chi connectivity index (χ2n) is 3.64. The predicted molar refractivity (Wildman–Crippen MR) is 56.0 cm³/mol. The Labute approximate surface area is 89.0 Å². The van der Waals surface area contributed by atoms with E-state index >= 15 is 0 Å². The minimum absolute atomic E-state index is 0.0282. The molecule has 0 bridgehead atoms. The number of hydrogen-bond donors (Lipinski definition) is 1. The largest absolute Gasteiger partial charge is 0.504 e. The normalized spacial score (nSPS) is 21.9. The molecule has 0 aromatic heterocycles. The van der Waals surface area contributed by atoms with Gasteiger partial charge in [-0.05, 0) is 24.7 Å². The Morgan fingerprint density at radius 1 is 1.53 bits per heavy atom. The Morgan fingerprint density at radius 3 is 2.93 bits per heavy atom. The van der Waals surface area contributed by atoms with Crippen LogP contribution in [0.15, 0.2) is 18.2 Å². The number of aromatic hydroxyl groups is 1.